The van der Waals surface area contributed by atoms with E-state index in [1.807, 2.05) is 27.7 Å². The van der Waals surface area contributed by atoms with E-state index in [2.05, 4.69) is 6.58 Å². The van der Waals surface area contributed by atoms with Gasteiger partial charge in [0.2, 0.25) is 0 Å². The number of nitrogens with zero attached hydrogens (tertiary/aromatic N) is 1. The summed E-state index contributed by atoms with van der Waals surface area (Å²) < 4.78 is 13.7. The number of amides is 1. The third-order valence-corrected chi connectivity index (χ3v) is 2.72. The van der Waals surface area contributed by atoms with Crippen LogP contribution in [-0.4, -0.2) is 22.9 Å². The molecule has 1 aromatic rings. The smallest absolute Gasteiger partial charge is 0.257 e. The molecule has 0 unspecified atom stereocenters. The SMILES string of the molecule is C=CCN(C(=O)c1cc(C)ccc1F)C(C)(C)C. The van der Waals surface area contributed by atoms with E-state index >= 15 is 0 Å². The number of hydrogen-bond donors (Lipinski definition) is 0. The molecule has 0 atom stereocenters. The first-order valence-corrected chi connectivity index (χ1v) is 5.96. The van der Waals surface area contributed by atoms with Crippen LogP contribution in [0.4, 0.5) is 4.39 Å². The van der Waals surface area contributed by atoms with Crippen LogP contribution in [0.2, 0.25) is 0 Å². The van der Waals surface area contributed by atoms with E-state index in [0.29, 0.717) is 6.54 Å². The van der Waals surface area contributed by atoms with Crippen LogP contribution < -0.4 is 0 Å². The van der Waals surface area contributed by atoms with Crippen LogP contribution in [0.5, 0.6) is 0 Å². The third-order valence-electron chi connectivity index (χ3n) is 2.72. The molecule has 0 aromatic heterocycles. The summed E-state index contributed by atoms with van der Waals surface area (Å²) in [6, 6.07) is 4.57. The average Bonchev–Trinajstić information content (AvgIpc) is 2.27. The molecule has 0 saturated heterocycles. The number of benzene rings is 1. The molecule has 2 nitrogen and oxygen atoms in total. The Morgan fingerprint density at radius 3 is 2.56 bits per heavy atom. The quantitative estimate of drug-likeness (QED) is 0.750. The zero-order valence-electron chi connectivity index (χ0n) is 11.5. The number of carbonyl (C=O) groups is 1. The molecule has 1 rings (SSSR count). The Morgan fingerprint density at radius 1 is 1.44 bits per heavy atom. The Kier molecular flexibility index (Phi) is 4.28. The molecule has 0 radical (unpaired) electrons. The minimum Gasteiger partial charge on any atom is -0.330 e. The van der Waals surface area contributed by atoms with E-state index in [0.717, 1.165) is 5.56 Å². The van der Waals surface area contributed by atoms with Crippen molar-refractivity contribution in [1.29, 1.82) is 0 Å². The molecule has 0 aliphatic heterocycles. The molecule has 1 aromatic carbocycles. The standard InChI is InChI=1S/C15H20FNO/c1-6-9-17(15(3,4)5)14(18)12-10-11(2)7-8-13(12)16/h6-8,10H,1,9H2,2-5H3. The number of halogens is 1. The van der Waals surface area contributed by atoms with Gasteiger partial charge in [0.1, 0.15) is 5.82 Å². The minimum atomic E-state index is -0.482. The van der Waals surface area contributed by atoms with Gasteiger partial charge in [-0.1, -0.05) is 17.7 Å². The van der Waals surface area contributed by atoms with Crippen LogP contribution in [0, 0.1) is 12.7 Å². The van der Waals surface area contributed by atoms with Crippen molar-refractivity contribution >= 4 is 5.91 Å². The van der Waals surface area contributed by atoms with Crippen LogP contribution in [0.3, 0.4) is 0 Å². The van der Waals surface area contributed by atoms with E-state index in [1.54, 1.807) is 23.1 Å². The van der Waals surface area contributed by atoms with Gasteiger partial charge < -0.3 is 4.90 Å². The monoisotopic (exact) mass is 249 g/mol. The first-order chi connectivity index (χ1) is 8.27. The molecule has 0 aliphatic rings. The molecular formula is C15H20FNO. The molecule has 0 N–H and O–H groups in total. The largest absolute Gasteiger partial charge is 0.330 e. The Balaban J connectivity index is 3.17. The molecule has 0 heterocycles. The fraction of sp³-hybridized carbons (Fsp3) is 0.400. The lowest BCUT2D eigenvalue weighted by molar-refractivity contribution is 0.0611. The second-order valence-electron chi connectivity index (χ2n) is 5.36. The highest BCUT2D eigenvalue weighted by molar-refractivity contribution is 5.95. The predicted molar refractivity (Wildman–Crippen MR) is 72.1 cm³/mol. The summed E-state index contributed by atoms with van der Waals surface area (Å²) in [5.41, 5.74) is 0.612. The molecular weight excluding hydrogens is 229 g/mol. The van der Waals surface area contributed by atoms with Crippen LogP contribution in [0.25, 0.3) is 0 Å². The lowest BCUT2D eigenvalue weighted by Gasteiger charge is -2.35. The average molecular weight is 249 g/mol. The van der Waals surface area contributed by atoms with Gasteiger partial charge in [0.05, 0.1) is 5.56 Å². The van der Waals surface area contributed by atoms with Crippen LogP contribution in [-0.2, 0) is 0 Å². The fourth-order valence-electron chi connectivity index (χ4n) is 1.74. The Bertz CT molecular complexity index is 460. The van der Waals surface area contributed by atoms with Gasteiger partial charge in [-0.2, -0.15) is 0 Å². The number of aryl methyl sites for hydroxylation is 1. The summed E-state index contributed by atoms with van der Waals surface area (Å²) in [7, 11) is 0. The topological polar surface area (TPSA) is 20.3 Å². The Labute approximate surface area is 108 Å². The lowest BCUT2D eigenvalue weighted by Crippen LogP contribution is -2.46. The van der Waals surface area contributed by atoms with Crippen molar-refractivity contribution in [3.8, 4) is 0 Å². The Morgan fingerprint density at radius 2 is 2.06 bits per heavy atom. The predicted octanol–water partition coefficient (Wildman–Crippen LogP) is 3.56. The molecule has 98 valence electrons. The van der Waals surface area contributed by atoms with Gasteiger partial charge in [-0.25, -0.2) is 4.39 Å². The van der Waals surface area contributed by atoms with Crippen molar-refractivity contribution in [2.75, 3.05) is 6.54 Å². The summed E-state index contributed by atoms with van der Waals surface area (Å²) in [5.74, 6) is -0.785. The molecule has 1 amide bonds. The zero-order valence-corrected chi connectivity index (χ0v) is 11.5. The molecule has 0 spiro atoms. The number of rotatable bonds is 3. The van der Waals surface area contributed by atoms with Gasteiger partial charge in [0.25, 0.3) is 5.91 Å². The first kappa shape index (κ1) is 14.4. The van der Waals surface area contributed by atoms with Gasteiger partial charge in [-0.3, -0.25) is 4.79 Å². The van der Waals surface area contributed by atoms with E-state index in [1.165, 1.54) is 6.07 Å². The highest BCUT2D eigenvalue weighted by atomic mass is 19.1. The normalized spacial score (nSPS) is 11.2. The highest BCUT2D eigenvalue weighted by Crippen LogP contribution is 2.19. The van der Waals surface area contributed by atoms with Crippen molar-refractivity contribution < 1.29 is 9.18 Å². The zero-order chi connectivity index (χ0) is 13.9. The summed E-state index contributed by atoms with van der Waals surface area (Å²) >= 11 is 0. The van der Waals surface area contributed by atoms with Crippen molar-refractivity contribution in [1.82, 2.24) is 4.90 Å². The van der Waals surface area contributed by atoms with Gasteiger partial charge in [-0.05, 0) is 39.8 Å². The van der Waals surface area contributed by atoms with E-state index in [-0.39, 0.29) is 17.0 Å². The summed E-state index contributed by atoms with van der Waals surface area (Å²) in [6.07, 6.45) is 1.65. The summed E-state index contributed by atoms with van der Waals surface area (Å²) in [6.45, 7) is 11.6. The van der Waals surface area contributed by atoms with Gasteiger partial charge in [0, 0.05) is 12.1 Å². The van der Waals surface area contributed by atoms with Crippen LogP contribution in [0.15, 0.2) is 30.9 Å². The van der Waals surface area contributed by atoms with E-state index in [9.17, 15) is 9.18 Å². The van der Waals surface area contributed by atoms with Crippen LogP contribution in [0.1, 0.15) is 36.7 Å². The lowest BCUT2D eigenvalue weighted by atomic mass is 10.0. The van der Waals surface area contributed by atoms with Gasteiger partial charge in [-0.15, -0.1) is 6.58 Å². The fourth-order valence-corrected chi connectivity index (χ4v) is 1.74. The van der Waals surface area contributed by atoms with Crippen molar-refractivity contribution in [2.24, 2.45) is 0 Å². The van der Waals surface area contributed by atoms with Crippen molar-refractivity contribution in [2.45, 2.75) is 33.2 Å². The number of hydrogen-bond acceptors (Lipinski definition) is 1. The summed E-state index contributed by atoms with van der Waals surface area (Å²) in [4.78, 5) is 14.0. The van der Waals surface area contributed by atoms with Crippen LogP contribution >= 0.6 is 0 Å². The maximum atomic E-state index is 13.7. The molecule has 0 saturated carbocycles. The molecule has 3 heteroatoms. The first-order valence-electron chi connectivity index (χ1n) is 5.96. The molecule has 0 fully saturated rings. The molecule has 18 heavy (non-hydrogen) atoms. The van der Waals surface area contributed by atoms with Gasteiger partial charge >= 0.3 is 0 Å². The number of carbonyl (C=O) groups excluding carboxylic acids is 1. The summed E-state index contributed by atoms with van der Waals surface area (Å²) in [5, 5.41) is 0. The van der Waals surface area contributed by atoms with Crippen molar-refractivity contribution in [3.63, 3.8) is 0 Å². The van der Waals surface area contributed by atoms with E-state index in [4.69, 9.17) is 0 Å². The van der Waals surface area contributed by atoms with Gasteiger partial charge in [0.15, 0.2) is 0 Å². The van der Waals surface area contributed by atoms with E-state index < -0.39 is 5.82 Å². The third kappa shape index (κ3) is 3.19. The maximum absolute atomic E-state index is 13.7. The second kappa shape index (κ2) is 5.34. The van der Waals surface area contributed by atoms with Crippen molar-refractivity contribution in [3.05, 3.63) is 47.8 Å². The second-order valence-corrected chi connectivity index (χ2v) is 5.36. The minimum absolute atomic E-state index is 0.117. The Hall–Kier alpha value is -1.64. The highest BCUT2D eigenvalue weighted by Gasteiger charge is 2.27. The maximum Gasteiger partial charge on any atom is 0.257 e. The molecule has 0 bridgehead atoms. The molecule has 0 aliphatic carbocycles.